The van der Waals surface area contributed by atoms with E-state index in [-0.39, 0.29) is 6.16 Å². The lowest BCUT2D eigenvalue weighted by atomic mass is 10.2. The Labute approximate surface area is 70.4 Å². The normalized spacial score (nSPS) is 15.2. The van der Waals surface area contributed by atoms with Crippen LogP contribution in [-0.4, -0.2) is 22.1 Å². The average molecular weight is 214 g/mol. The number of carboxylic acids is 1. The number of rotatable bonds is 5. The van der Waals surface area contributed by atoms with Crippen LogP contribution in [0.3, 0.4) is 0 Å². The Kier molecular flexibility index (Phi) is 5.09. The molecule has 0 aliphatic carbocycles. The zero-order valence-electron chi connectivity index (χ0n) is 6.21. The summed E-state index contributed by atoms with van der Waals surface area (Å²) < 4.78 is 24.6. The lowest BCUT2D eigenvalue weighted by Gasteiger charge is -1.92. The van der Waals surface area contributed by atoms with Gasteiger partial charge in [0.05, 0.1) is 0 Å². The van der Waals surface area contributed by atoms with Gasteiger partial charge in [0, 0.05) is 4.57 Å². The molecule has 2 N–H and O–H groups in total. The molecule has 0 aliphatic rings. The number of aliphatic carboxylic acids is 1. The van der Waals surface area contributed by atoms with E-state index >= 15 is 0 Å². The maximum atomic E-state index is 10.7. The van der Waals surface area contributed by atoms with Crippen molar-refractivity contribution < 1.29 is 28.2 Å². The van der Waals surface area contributed by atoms with Gasteiger partial charge in [0.15, 0.2) is 6.16 Å². The Hall–Kier alpha value is -0.410. The van der Waals surface area contributed by atoms with E-state index in [0.29, 0.717) is 0 Å². The molecule has 0 heterocycles. The van der Waals surface area contributed by atoms with Crippen molar-refractivity contribution in [3.05, 3.63) is 0 Å². The Balaban J connectivity index is 3.85. The van der Waals surface area contributed by atoms with Gasteiger partial charge in [-0.1, -0.05) is 0 Å². The fraction of sp³-hybridized carbons (Fsp3) is 0.750. The van der Waals surface area contributed by atoms with E-state index in [4.69, 9.17) is 10.00 Å². The van der Waals surface area contributed by atoms with Gasteiger partial charge in [-0.25, -0.2) is 0 Å². The minimum atomic E-state index is -2.92. The standard InChI is InChI=1S/C4H6O6P2/c1-3(4(5)6)2-11(7)10-12(8)9/h3H,2H2,1H3/p+2/t3-/m0/s1. The van der Waals surface area contributed by atoms with Crippen LogP contribution in [0.25, 0.3) is 0 Å². The van der Waals surface area contributed by atoms with Gasteiger partial charge in [-0.3, -0.25) is 4.79 Å². The van der Waals surface area contributed by atoms with Gasteiger partial charge >= 0.3 is 22.3 Å². The summed E-state index contributed by atoms with van der Waals surface area (Å²) >= 11 is 0. The Bertz CT molecular complexity index is 214. The molecule has 0 aromatic heterocycles. The zero-order chi connectivity index (χ0) is 9.72. The van der Waals surface area contributed by atoms with E-state index in [9.17, 15) is 13.9 Å². The third kappa shape index (κ3) is 5.27. The summed E-state index contributed by atoms with van der Waals surface area (Å²) in [5.74, 6) is -1.96. The quantitative estimate of drug-likeness (QED) is 0.664. The van der Waals surface area contributed by atoms with E-state index in [2.05, 4.69) is 4.31 Å². The van der Waals surface area contributed by atoms with Gasteiger partial charge in [0.25, 0.3) is 0 Å². The van der Waals surface area contributed by atoms with Crippen molar-refractivity contribution in [3.63, 3.8) is 0 Å². The molecule has 0 amide bonds. The topological polar surface area (TPSA) is 101 Å². The Morgan fingerprint density at radius 3 is 2.42 bits per heavy atom. The van der Waals surface area contributed by atoms with Crippen molar-refractivity contribution in [1.29, 1.82) is 0 Å². The van der Waals surface area contributed by atoms with Crippen LogP contribution in [0.2, 0.25) is 0 Å². The van der Waals surface area contributed by atoms with Gasteiger partial charge in [-0.2, -0.15) is 0 Å². The van der Waals surface area contributed by atoms with Crippen LogP contribution in [0.4, 0.5) is 0 Å². The van der Waals surface area contributed by atoms with Crippen molar-refractivity contribution in [2.24, 2.45) is 5.92 Å². The van der Waals surface area contributed by atoms with Crippen molar-refractivity contribution in [1.82, 2.24) is 0 Å². The summed E-state index contributed by atoms with van der Waals surface area (Å²) in [4.78, 5) is 18.3. The third-order valence-electron chi connectivity index (χ3n) is 1.01. The minimum absolute atomic E-state index is 0.258. The van der Waals surface area contributed by atoms with E-state index < -0.39 is 28.2 Å². The molecule has 0 saturated heterocycles. The van der Waals surface area contributed by atoms with Gasteiger partial charge in [-0.05, 0) is 11.5 Å². The van der Waals surface area contributed by atoms with Gasteiger partial charge in [-0.15, -0.1) is 4.89 Å². The summed E-state index contributed by atoms with van der Waals surface area (Å²) in [6, 6.07) is 0. The van der Waals surface area contributed by atoms with Crippen LogP contribution in [-0.2, 0) is 18.2 Å². The molecule has 0 radical (unpaired) electrons. The lowest BCUT2D eigenvalue weighted by Crippen LogP contribution is -2.11. The van der Waals surface area contributed by atoms with Crippen molar-refractivity contribution in [2.45, 2.75) is 6.92 Å². The smallest absolute Gasteiger partial charge is 0.481 e. The molecule has 0 fully saturated rings. The molecule has 0 aromatic rings. The van der Waals surface area contributed by atoms with Crippen molar-refractivity contribution in [2.75, 3.05) is 6.16 Å². The molecular weight excluding hydrogens is 206 g/mol. The molecule has 8 heteroatoms. The van der Waals surface area contributed by atoms with Gasteiger partial charge < -0.3 is 5.11 Å². The van der Waals surface area contributed by atoms with Crippen molar-refractivity contribution >= 4 is 22.3 Å². The average Bonchev–Trinajstić information content (AvgIpc) is 1.84. The minimum Gasteiger partial charge on any atom is -0.481 e. The van der Waals surface area contributed by atoms with Gasteiger partial charge in [0.1, 0.15) is 10.2 Å². The molecule has 0 bridgehead atoms. The number of hydrogen-bond donors (Lipinski definition) is 2. The molecule has 6 nitrogen and oxygen atoms in total. The highest BCUT2D eigenvalue weighted by Gasteiger charge is 2.36. The second kappa shape index (κ2) is 5.27. The highest BCUT2D eigenvalue weighted by Crippen LogP contribution is 2.36. The fourth-order valence-corrected chi connectivity index (χ4v) is 1.91. The zero-order valence-corrected chi connectivity index (χ0v) is 8.00. The third-order valence-corrected chi connectivity index (χ3v) is 3.14. The van der Waals surface area contributed by atoms with Crippen LogP contribution < -0.4 is 0 Å². The van der Waals surface area contributed by atoms with Crippen LogP contribution in [0.5, 0.6) is 0 Å². The molecule has 0 spiro atoms. The molecule has 2 unspecified atom stereocenters. The molecule has 3 atom stereocenters. The predicted molar refractivity (Wildman–Crippen MR) is 40.2 cm³/mol. The Morgan fingerprint density at radius 1 is 1.58 bits per heavy atom. The molecule has 0 rings (SSSR count). The predicted octanol–water partition coefficient (Wildman–Crippen LogP) is 1.12. The molecule has 12 heavy (non-hydrogen) atoms. The highest BCUT2D eigenvalue weighted by atomic mass is 31.2. The first-order valence-corrected chi connectivity index (χ1v) is 5.44. The molecule has 0 aliphatic heterocycles. The van der Waals surface area contributed by atoms with E-state index in [1.165, 1.54) is 6.92 Å². The molecule has 68 valence electrons. The second-order valence-electron chi connectivity index (χ2n) is 2.07. The Morgan fingerprint density at radius 2 is 2.08 bits per heavy atom. The highest BCUT2D eigenvalue weighted by molar-refractivity contribution is 7.50. The monoisotopic (exact) mass is 214 g/mol. The van der Waals surface area contributed by atoms with E-state index in [0.717, 1.165) is 0 Å². The fourth-order valence-electron chi connectivity index (χ4n) is 0.413. The number of carboxylic acid groups (broad SMARTS) is 1. The van der Waals surface area contributed by atoms with Crippen LogP contribution in [0.15, 0.2) is 0 Å². The van der Waals surface area contributed by atoms with Crippen LogP contribution in [0.1, 0.15) is 6.92 Å². The summed E-state index contributed by atoms with van der Waals surface area (Å²) in [5.41, 5.74) is 0. The van der Waals surface area contributed by atoms with E-state index in [1.807, 2.05) is 0 Å². The number of hydrogen-bond acceptors (Lipinski definition) is 4. The first-order valence-electron chi connectivity index (χ1n) is 2.95. The van der Waals surface area contributed by atoms with Crippen LogP contribution in [0, 0.1) is 5.92 Å². The summed E-state index contributed by atoms with van der Waals surface area (Å²) in [6.45, 7) is 1.34. The maximum Gasteiger partial charge on any atom is 0.742 e. The summed E-state index contributed by atoms with van der Waals surface area (Å²) in [7, 11) is -5.27. The summed E-state index contributed by atoms with van der Waals surface area (Å²) in [6.07, 6.45) is -0.258. The molecular formula is C4H8O6P2+2. The first kappa shape index (κ1) is 11.6. The number of carbonyl (C=O) groups is 1. The largest absolute Gasteiger partial charge is 0.742 e. The molecule has 0 saturated carbocycles. The maximum absolute atomic E-state index is 10.7. The first-order chi connectivity index (χ1) is 5.43. The van der Waals surface area contributed by atoms with Crippen molar-refractivity contribution in [3.8, 4) is 0 Å². The van der Waals surface area contributed by atoms with Crippen LogP contribution >= 0.6 is 16.3 Å². The second-order valence-corrected chi connectivity index (χ2v) is 4.23. The molecule has 0 aromatic carbocycles. The van der Waals surface area contributed by atoms with E-state index in [1.54, 1.807) is 0 Å². The SMILES string of the molecule is C[C@@H](C[P+](=O)O[P+](=O)O)C(=O)O. The van der Waals surface area contributed by atoms with Gasteiger partial charge in [0.2, 0.25) is 0 Å². The summed E-state index contributed by atoms with van der Waals surface area (Å²) in [5, 5.41) is 8.35. The lowest BCUT2D eigenvalue weighted by molar-refractivity contribution is -0.140.